The number of hydrogen-bond donors (Lipinski definition) is 0. The lowest BCUT2D eigenvalue weighted by molar-refractivity contribution is 0.323. The molecular weight excluding hydrogens is 426 g/mol. The van der Waals surface area contributed by atoms with Crippen LogP contribution in [-0.2, 0) is 0 Å². The van der Waals surface area contributed by atoms with E-state index in [0.29, 0.717) is 21.7 Å². The second-order valence-electron chi connectivity index (χ2n) is 13.2. The van der Waals surface area contributed by atoms with Gasteiger partial charge in [-0.25, -0.2) is 0 Å². The van der Waals surface area contributed by atoms with E-state index in [4.69, 9.17) is 0 Å². The van der Waals surface area contributed by atoms with Crippen LogP contribution in [0.2, 0.25) is 0 Å². The standard InChI is InChI=1S/C20H38P6/c1-13(2,3)17-21-26-18(14(4,5)6)22-25(17)19(15(7,8)9)23(17)20(26,24(18)19)16(10,11)12/h21-22H,1-12H3/t17-,18-,19?,20?,23?,24?,25+,26+/m1/s1. The van der Waals surface area contributed by atoms with Gasteiger partial charge in [-0.2, -0.15) is 0 Å². The van der Waals surface area contributed by atoms with Gasteiger partial charge in [0.2, 0.25) is 0 Å². The first kappa shape index (κ1) is 20.5. The quantitative estimate of drug-likeness (QED) is 0.313. The fourth-order valence-corrected chi connectivity index (χ4v) is 75.4. The molecule has 2 unspecified atom stereocenters. The molecule has 0 aromatic carbocycles. The molecule has 0 spiro atoms. The van der Waals surface area contributed by atoms with Gasteiger partial charge in [-0.3, -0.25) is 0 Å². The van der Waals surface area contributed by atoms with E-state index in [2.05, 4.69) is 83.1 Å². The van der Waals surface area contributed by atoms with Gasteiger partial charge in [-0.05, 0) is 21.7 Å². The maximum atomic E-state index is 2.66. The second-order valence-corrected chi connectivity index (χ2v) is 33.0. The molecule has 6 atom stereocenters. The third-order valence-electron chi connectivity index (χ3n) is 7.80. The zero-order chi connectivity index (χ0) is 19.7. The van der Waals surface area contributed by atoms with E-state index < -0.39 is 0 Å². The van der Waals surface area contributed by atoms with Crippen molar-refractivity contribution in [2.75, 3.05) is 0 Å². The van der Waals surface area contributed by atoms with Crippen molar-refractivity contribution in [2.24, 2.45) is 21.7 Å². The molecule has 6 heteroatoms. The van der Waals surface area contributed by atoms with Crippen LogP contribution in [0.4, 0.5) is 0 Å². The van der Waals surface area contributed by atoms with Crippen LogP contribution in [0.25, 0.3) is 0 Å². The van der Waals surface area contributed by atoms with E-state index >= 15 is 0 Å². The minimum Gasteiger partial charge on any atom is -0.0771 e. The van der Waals surface area contributed by atoms with Crippen molar-refractivity contribution in [1.29, 1.82) is 0 Å². The Balaban J connectivity index is 1.82. The Morgan fingerprint density at radius 2 is 0.731 bits per heavy atom. The van der Waals surface area contributed by atoms with E-state index in [1.807, 2.05) is 0 Å². The third kappa shape index (κ3) is 1.48. The summed E-state index contributed by atoms with van der Waals surface area (Å²) in [6, 6.07) is 0. The maximum absolute atomic E-state index is 2.66. The fraction of sp³-hybridized carbons (Fsp3) is 1.00. The van der Waals surface area contributed by atoms with Crippen LogP contribution in [0.3, 0.4) is 0 Å². The minimum atomic E-state index is 0.213. The second kappa shape index (κ2) is 4.67. The molecule has 0 nitrogen and oxygen atoms in total. The molecule has 26 heavy (non-hydrogen) atoms. The molecule has 148 valence electrons. The summed E-state index contributed by atoms with van der Waals surface area (Å²) in [5.41, 5.74) is 2.20. The molecule has 0 aromatic heterocycles. The predicted octanol–water partition coefficient (Wildman–Crippen LogP) is 9.97. The molecule has 5 aliphatic rings. The molecule has 5 aliphatic heterocycles. The normalized spacial score (nSPS) is 58.6. The van der Waals surface area contributed by atoms with Gasteiger partial charge in [0.05, 0.1) is 0 Å². The van der Waals surface area contributed by atoms with Crippen LogP contribution in [0.1, 0.15) is 83.1 Å². The number of rotatable bonds is 0. The van der Waals surface area contributed by atoms with Gasteiger partial charge >= 0.3 is 0 Å². The van der Waals surface area contributed by atoms with Gasteiger partial charge < -0.3 is 0 Å². The van der Waals surface area contributed by atoms with Gasteiger partial charge in [0, 0.05) is 18.6 Å². The van der Waals surface area contributed by atoms with Crippen molar-refractivity contribution in [3.8, 4) is 0 Å². The molecule has 0 radical (unpaired) electrons. The summed E-state index contributed by atoms with van der Waals surface area (Å²) in [6.07, 6.45) is 0. The first-order valence-electron chi connectivity index (χ1n) is 10.2. The topological polar surface area (TPSA) is 0 Å². The molecule has 0 saturated carbocycles. The molecule has 5 heterocycles. The van der Waals surface area contributed by atoms with Crippen molar-refractivity contribution >= 4 is 47.6 Å². The van der Waals surface area contributed by atoms with E-state index in [0.717, 1.165) is 18.6 Å². The first-order valence-corrected chi connectivity index (χ1v) is 19.2. The average Bonchev–Trinajstić information content (AvgIpc) is 2.55. The molecule has 0 N–H and O–H groups in total. The van der Waals surface area contributed by atoms with E-state index in [1.165, 1.54) is 16.5 Å². The summed E-state index contributed by atoms with van der Waals surface area (Å²) < 4.78 is 3.35. The number of hydrogen-bond acceptors (Lipinski definition) is 0. The van der Waals surface area contributed by atoms with Crippen molar-refractivity contribution in [1.82, 2.24) is 0 Å². The molecule has 0 bridgehead atoms. The van der Waals surface area contributed by atoms with Gasteiger partial charge in [0.25, 0.3) is 0 Å². The molecular formula is C20H38P6. The van der Waals surface area contributed by atoms with Crippen molar-refractivity contribution in [3.05, 3.63) is 0 Å². The Morgan fingerprint density at radius 1 is 0.462 bits per heavy atom. The first-order chi connectivity index (χ1) is 11.4. The van der Waals surface area contributed by atoms with Crippen LogP contribution in [-0.4, -0.2) is 18.6 Å². The van der Waals surface area contributed by atoms with Crippen LogP contribution < -0.4 is 0 Å². The SMILES string of the molecule is CC(C)(C)C12P3C4(C(C)(C)C)P1[C@@]1(C(C)(C)C)P[P@@]2[C@]3(C(C)(C)C)P[P@]41. The third-order valence-corrected chi connectivity index (χ3v) is 51.3. The highest BCUT2D eigenvalue weighted by Gasteiger charge is 3.09. The van der Waals surface area contributed by atoms with Gasteiger partial charge in [0.15, 0.2) is 0 Å². The smallest absolute Gasteiger partial charge is 0.0447 e. The Hall–Kier alpha value is 2.58. The summed E-state index contributed by atoms with van der Waals surface area (Å²) in [5, 5.41) is 0. The van der Waals surface area contributed by atoms with Crippen LogP contribution in [0, 0.1) is 21.7 Å². The highest BCUT2D eigenvalue weighted by molar-refractivity contribution is 8.66. The number of fused-ring (bicyclic) bond motifs is 2. The van der Waals surface area contributed by atoms with Crippen molar-refractivity contribution in [2.45, 2.75) is 102 Å². The van der Waals surface area contributed by atoms with E-state index in [1.54, 1.807) is 0 Å². The lowest BCUT2D eigenvalue weighted by Crippen LogP contribution is -2.72. The largest absolute Gasteiger partial charge is 0.0771 e. The summed E-state index contributed by atoms with van der Waals surface area (Å²) in [6.45, 7) is 31.9. The monoisotopic (exact) mass is 464 g/mol. The summed E-state index contributed by atoms with van der Waals surface area (Å²) in [5.74, 6) is 0. The summed E-state index contributed by atoms with van der Waals surface area (Å²) in [7, 11) is 3.64. The van der Waals surface area contributed by atoms with Crippen LogP contribution in [0.15, 0.2) is 0 Å². The Kier molecular flexibility index (Phi) is 3.68. The Bertz CT molecular complexity index is 647. The minimum absolute atomic E-state index is 0.213. The Labute approximate surface area is 170 Å². The van der Waals surface area contributed by atoms with E-state index in [9.17, 15) is 0 Å². The Morgan fingerprint density at radius 3 is 0.923 bits per heavy atom. The summed E-state index contributed by atoms with van der Waals surface area (Å²) in [4.78, 5) is 0. The molecule has 0 aromatic rings. The van der Waals surface area contributed by atoms with Crippen LogP contribution in [0.5, 0.6) is 0 Å². The lowest BCUT2D eigenvalue weighted by Gasteiger charge is -2.90. The molecule has 5 rings (SSSR count). The highest BCUT2D eigenvalue weighted by Crippen LogP contribution is 3.45. The summed E-state index contributed by atoms with van der Waals surface area (Å²) >= 11 is 0. The zero-order valence-corrected chi connectivity index (χ0v) is 24.4. The van der Waals surface area contributed by atoms with Crippen molar-refractivity contribution in [3.63, 3.8) is 0 Å². The van der Waals surface area contributed by atoms with Gasteiger partial charge in [-0.15, -0.1) is 0 Å². The van der Waals surface area contributed by atoms with E-state index in [-0.39, 0.29) is 31.1 Å². The lowest BCUT2D eigenvalue weighted by atomic mass is 9.97. The molecule has 0 amide bonds. The molecule has 5 saturated heterocycles. The fourth-order valence-electron chi connectivity index (χ4n) is 6.97. The average molecular weight is 464 g/mol. The zero-order valence-electron chi connectivity index (χ0n) is 18.8. The van der Waals surface area contributed by atoms with Gasteiger partial charge in [0.1, 0.15) is 0 Å². The van der Waals surface area contributed by atoms with Crippen molar-refractivity contribution < 1.29 is 0 Å². The maximum Gasteiger partial charge on any atom is 0.0447 e. The molecule has 5 fully saturated rings. The van der Waals surface area contributed by atoms with Gasteiger partial charge in [-0.1, -0.05) is 131 Å². The molecule has 0 aliphatic carbocycles. The van der Waals surface area contributed by atoms with Crippen LogP contribution >= 0.6 is 47.6 Å². The highest BCUT2D eigenvalue weighted by atomic mass is 32.1. The predicted molar refractivity (Wildman–Crippen MR) is 133 cm³/mol.